The van der Waals surface area contributed by atoms with Gasteiger partial charge in [-0.1, -0.05) is 30.7 Å². The fourth-order valence-corrected chi connectivity index (χ4v) is 3.80. The van der Waals surface area contributed by atoms with Gasteiger partial charge in [0, 0.05) is 25.9 Å². The van der Waals surface area contributed by atoms with E-state index in [1.165, 1.54) is 12.2 Å². The monoisotopic (exact) mass is 476 g/mol. The molecule has 0 spiro atoms. The highest BCUT2D eigenvalue weighted by molar-refractivity contribution is 5.53. The first-order chi connectivity index (χ1) is 16.1. The number of nitrogens with zero attached hydrogens (tertiary/aromatic N) is 2. The Labute approximate surface area is 201 Å². The molecule has 2 rings (SSSR count). The lowest BCUT2D eigenvalue weighted by molar-refractivity contribution is -0.0884. The zero-order valence-electron chi connectivity index (χ0n) is 20.9. The summed E-state index contributed by atoms with van der Waals surface area (Å²) < 4.78 is 52.4. The van der Waals surface area contributed by atoms with Gasteiger partial charge in [0.1, 0.15) is 11.9 Å². The zero-order valence-corrected chi connectivity index (χ0v) is 20.9. The lowest BCUT2D eigenvalue weighted by Gasteiger charge is -2.35. The second kappa shape index (κ2) is 12.5. The van der Waals surface area contributed by atoms with Crippen molar-refractivity contribution in [3.8, 4) is 11.6 Å². The van der Waals surface area contributed by atoms with Gasteiger partial charge in [0.05, 0.1) is 18.4 Å². The summed E-state index contributed by atoms with van der Waals surface area (Å²) in [5, 5.41) is 0. The zero-order chi connectivity index (χ0) is 25.3. The molecule has 0 N–H and O–H groups in total. The maximum atomic E-state index is 13.6. The van der Waals surface area contributed by atoms with Gasteiger partial charge in [0.25, 0.3) is 0 Å². The van der Waals surface area contributed by atoms with E-state index in [2.05, 4.69) is 9.88 Å². The van der Waals surface area contributed by atoms with E-state index < -0.39 is 11.7 Å². The number of alkyl halides is 3. The topological polar surface area (TPSA) is 34.6 Å². The standard InChI is InChI=1S/C27H35F3N2O2/c1-7-10-20(16-21(11-8-2)27(28,29)30)23(19(3)4)18-24-25(12-9-15-32(24)5)34-22-13-14-31-26(17-22)33-6/h7,10-11,13-14,16-18,25H,8-9,12,15H2,1-6H3/b10-7-,20-16+,21-11-,24-18-. The number of hydrogen-bond donors (Lipinski definition) is 0. The maximum Gasteiger partial charge on any atom is 0.416 e. The minimum absolute atomic E-state index is 0.250. The quantitative estimate of drug-likeness (QED) is 0.372. The Hall–Kier alpha value is -2.96. The van der Waals surface area contributed by atoms with Crippen molar-refractivity contribution in [3.05, 3.63) is 76.7 Å². The molecule has 186 valence electrons. The fourth-order valence-electron chi connectivity index (χ4n) is 3.80. The van der Waals surface area contributed by atoms with Crippen molar-refractivity contribution in [1.29, 1.82) is 0 Å². The van der Waals surface area contributed by atoms with Crippen molar-refractivity contribution in [3.63, 3.8) is 0 Å². The first-order valence-electron chi connectivity index (χ1n) is 11.5. The number of piperidine rings is 1. The third kappa shape index (κ3) is 7.54. The van der Waals surface area contributed by atoms with Crippen LogP contribution in [0.3, 0.4) is 0 Å². The minimum Gasteiger partial charge on any atom is -0.484 e. The van der Waals surface area contributed by atoms with Crippen molar-refractivity contribution in [1.82, 2.24) is 9.88 Å². The van der Waals surface area contributed by atoms with Crippen LogP contribution in [-0.4, -0.2) is 42.9 Å². The number of likely N-dealkylation sites (N-methyl/N-ethyl adjacent to an activating group) is 1. The summed E-state index contributed by atoms with van der Waals surface area (Å²) in [6.07, 6.45) is 6.88. The molecule has 1 aliphatic heterocycles. The van der Waals surface area contributed by atoms with Gasteiger partial charge >= 0.3 is 6.18 Å². The molecule has 1 unspecified atom stereocenters. The molecule has 0 radical (unpaired) electrons. The van der Waals surface area contributed by atoms with Crippen molar-refractivity contribution in [2.24, 2.45) is 0 Å². The molecule has 0 saturated carbocycles. The summed E-state index contributed by atoms with van der Waals surface area (Å²) >= 11 is 0. The predicted octanol–water partition coefficient (Wildman–Crippen LogP) is 7.18. The van der Waals surface area contributed by atoms with Gasteiger partial charge in [-0.05, 0) is 69.4 Å². The average molecular weight is 477 g/mol. The molecule has 0 aromatic carbocycles. The van der Waals surface area contributed by atoms with Crippen LogP contribution in [0.5, 0.6) is 11.6 Å². The van der Waals surface area contributed by atoms with Gasteiger partial charge in [0.2, 0.25) is 5.88 Å². The molecule has 1 aromatic heterocycles. The molecular weight excluding hydrogens is 441 g/mol. The molecule has 34 heavy (non-hydrogen) atoms. The van der Waals surface area contributed by atoms with Crippen LogP contribution in [0.25, 0.3) is 0 Å². The van der Waals surface area contributed by atoms with E-state index in [1.54, 1.807) is 51.4 Å². The van der Waals surface area contributed by atoms with Gasteiger partial charge in [-0.2, -0.15) is 13.2 Å². The number of likely N-dealkylation sites (tertiary alicyclic amines) is 1. The molecule has 0 bridgehead atoms. The molecule has 0 amide bonds. The molecule has 1 aliphatic rings. The molecular formula is C27H35F3N2O2. The van der Waals surface area contributed by atoms with Gasteiger partial charge < -0.3 is 14.4 Å². The van der Waals surface area contributed by atoms with E-state index in [1.807, 2.05) is 27.0 Å². The summed E-state index contributed by atoms with van der Waals surface area (Å²) in [7, 11) is 3.53. The average Bonchev–Trinajstić information content (AvgIpc) is 2.77. The van der Waals surface area contributed by atoms with Gasteiger partial charge in [-0.25, -0.2) is 4.98 Å². The normalized spacial score (nSPS) is 19.0. The van der Waals surface area contributed by atoms with Crippen molar-refractivity contribution in [2.45, 2.75) is 59.2 Å². The lowest BCUT2D eigenvalue weighted by Crippen LogP contribution is -2.36. The first kappa shape index (κ1) is 27.3. The Bertz CT molecular complexity index is 984. The molecule has 0 aliphatic carbocycles. The second-order valence-electron chi connectivity index (χ2n) is 8.35. The van der Waals surface area contributed by atoms with E-state index in [9.17, 15) is 13.2 Å². The highest BCUT2D eigenvalue weighted by atomic mass is 19.4. The van der Waals surface area contributed by atoms with Crippen LogP contribution in [0.15, 0.2) is 76.7 Å². The van der Waals surface area contributed by atoms with E-state index in [0.717, 1.165) is 36.2 Å². The summed E-state index contributed by atoms with van der Waals surface area (Å²) in [5.41, 5.74) is 2.44. The van der Waals surface area contributed by atoms with Gasteiger partial charge in [0.15, 0.2) is 0 Å². The highest BCUT2D eigenvalue weighted by Gasteiger charge is 2.32. The van der Waals surface area contributed by atoms with Crippen LogP contribution in [0.4, 0.5) is 13.2 Å². The first-order valence-corrected chi connectivity index (χ1v) is 11.5. The number of hydrogen-bond acceptors (Lipinski definition) is 4. The molecule has 2 heterocycles. The lowest BCUT2D eigenvalue weighted by atomic mass is 9.94. The summed E-state index contributed by atoms with van der Waals surface area (Å²) in [6.45, 7) is 8.16. The summed E-state index contributed by atoms with van der Waals surface area (Å²) in [6, 6.07) is 3.50. The SMILES string of the molecule is C\C=C/C(=C\C(=C\CC)C(F)(F)F)C(/C=C1/C(Oc2ccnc(OC)c2)CCCN1C)=C(C)C. The molecule has 1 saturated heterocycles. The van der Waals surface area contributed by atoms with E-state index >= 15 is 0 Å². The summed E-state index contributed by atoms with van der Waals surface area (Å²) in [5.74, 6) is 1.09. The van der Waals surface area contributed by atoms with Crippen LogP contribution in [0, 0.1) is 0 Å². The predicted molar refractivity (Wildman–Crippen MR) is 131 cm³/mol. The summed E-state index contributed by atoms with van der Waals surface area (Å²) in [4.78, 5) is 6.22. The van der Waals surface area contributed by atoms with Crippen molar-refractivity contribution in [2.75, 3.05) is 20.7 Å². The van der Waals surface area contributed by atoms with Crippen LogP contribution in [0.2, 0.25) is 0 Å². The van der Waals surface area contributed by atoms with Crippen LogP contribution < -0.4 is 9.47 Å². The Kier molecular flexibility index (Phi) is 10.0. The largest absolute Gasteiger partial charge is 0.484 e. The molecule has 1 fully saturated rings. The van der Waals surface area contributed by atoms with Gasteiger partial charge in [-0.15, -0.1) is 0 Å². The molecule has 1 aromatic rings. The van der Waals surface area contributed by atoms with Crippen LogP contribution >= 0.6 is 0 Å². The van der Waals surface area contributed by atoms with Crippen molar-refractivity contribution >= 4 is 0 Å². The molecule has 7 heteroatoms. The Morgan fingerprint density at radius 2 is 2.03 bits per heavy atom. The Balaban J connectivity index is 2.55. The van der Waals surface area contributed by atoms with Crippen molar-refractivity contribution < 1.29 is 22.6 Å². The van der Waals surface area contributed by atoms with E-state index in [0.29, 0.717) is 23.6 Å². The van der Waals surface area contributed by atoms with E-state index in [-0.39, 0.29) is 6.10 Å². The van der Waals surface area contributed by atoms with E-state index in [4.69, 9.17) is 9.47 Å². The number of rotatable bonds is 8. The van der Waals surface area contributed by atoms with Crippen LogP contribution in [0.1, 0.15) is 47.0 Å². The number of aromatic nitrogens is 1. The third-order valence-electron chi connectivity index (χ3n) is 5.47. The molecule has 4 nitrogen and oxygen atoms in total. The Morgan fingerprint density at radius 1 is 1.29 bits per heavy atom. The van der Waals surface area contributed by atoms with Crippen LogP contribution in [-0.2, 0) is 0 Å². The number of methoxy groups -OCH3 is 1. The Morgan fingerprint density at radius 3 is 2.62 bits per heavy atom. The number of ether oxygens (including phenoxy) is 2. The third-order valence-corrected chi connectivity index (χ3v) is 5.47. The molecule has 1 atom stereocenters. The number of halogens is 3. The minimum atomic E-state index is -4.42. The number of allylic oxidation sites excluding steroid dienone is 9. The maximum absolute atomic E-state index is 13.6. The number of pyridine rings is 1. The highest BCUT2D eigenvalue weighted by Crippen LogP contribution is 2.33. The van der Waals surface area contributed by atoms with Gasteiger partial charge in [-0.3, -0.25) is 0 Å². The smallest absolute Gasteiger partial charge is 0.416 e. The second-order valence-corrected chi connectivity index (χ2v) is 8.35. The fraction of sp³-hybridized carbons (Fsp3) is 0.444.